The lowest BCUT2D eigenvalue weighted by atomic mass is 9.93. The van der Waals surface area contributed by atoms with Crippen molar-refractivity contribution in [2.75, 3.05) is 13.1 Å². The summed E-state index contributed by atoms with van der Waals surface area (Å²) >= 11 is 0. The second kappa shape index (κ2) is 6.18. The molecule has 3 nitrogen and oxygen atoms in total. The van der Waals surface area contributed by atoms with Gasteiger partial charge in [0.1, 0.15) is 0 Å². The van der Waals surface area contributed by atoms with E-state index in [0.717, 1.165) is 37.9 Å². The molecule has 1 saturated carbocycles. The van der Waals surface area contributed by atoms with E-state index in [-0.39, 0.29) is 5.92 Å². The molecule has 2 N–H and O–H groups in total. The molecule has 1 aromatic carbocycles. The molecule has 1 heterocycles. The molecule has 3 heteroatoms. The zero-order chi connectivity index (χ0) is 14.8. The van der Waals surface area contributed by atoms with Crippen LogP contribution in [0.3, 0.4) is 0 Å². The summed E-state index contributed by atoms with van der Waals surface area (Å²) in [6.07, 6.45) is 4.29. The Morgan fingerprint density at radius 1 is 1.29 bits per heavy atom. The summed E-state index contributed by atoms with van der Waals surface area (Å²) in [5, 5.41) is 0. The van der Waals surface area contributed by atoms with Gasteiger partial charge in [-0.25, -0.2) is 0 Å². The maximum Gasteiger partial charge on any atom is 0.230 e. The lowest BCUT2D eigenvalue weighted by Crippen LogP contribution is -2.36. The molecule has 0 spiro atoms. The van der Waals surface area contributed by atoms with Gasteiger partial charge in [-0.3, -0.25) is 4.79 Å². The molecule has 2 fully saturated rings. The molecule has 4 unspecified atom stereocenters. The van der Waals surface area contributed by atoms with Gasteiger partial charge >= 0.3 is 0 Å². The molecule has 2 aliphatic rings. The summed E-state index contributed by atoms with van der Waals surface area (Å²) in [7, 11) is 0. The summed E-state index contributed by atoms with van der Waals surface area (Å²) in [5.41, 5.74) is 7.35. The van der Waals surface area contributed by atoms with Crippen molar-refractivity contribution >= 4 is 5.91 Å². The summed E-state index contributed by atoms with van der Waals surface area (Å²) < 4.78 is 0. The SMILES string of the molecule is CCCC(C(=O)N1CC2CCC(N)C2C1)c1ccccc1. The van der Waals surface area contributed by atoms with E-state index in [2.05, 4.69) is 24.0 Å². The molecule has 0 aromatic heterocycles. The molecule has 1 aromatic rings. The van der Waals surface area contributed by atoms with Crippen LogP contribution >= 0.6 is 0 Å². The number of rotatable bonds is 4. The first-order chi connectivity index (χ1) is 10.2. The summed E-state index contributed by atoms with van der Waals surface area (Å²) in [6, 6.07) is 10.5. The normalized spacial score (nSPS) is 29.4. The van der Waals surface area contributed by atoms with Crippen molar-refractivity contribution in [2.45, 2.75) is 44.6 Å². The summed E-state index contributed by atoms with van der Waals surface area (Å²) in [6.45, 7) is 3.94. The third kappa shape index (κ3) is 2.84. The average molecular weight is 286 g/mol. The lowest BCUT2D eigenvalue weighted by Gasteiger charge is -2.25. The highest BCUT2D eigenvalue weighted by atomic mass is 16.2. The Balaban J connectivity index is 1.73. The van der Waals surface area contributed by atoms with E-state index in [1.54, 1.807) is 0 Å². The van der Waals surface area contributed by atoms with Crippen molar-refractivity contribution in [1.82, 2.24) is 4.90 Å². The molecule has 3 rings (SSSR count). The van der Waals surface area contributed by atoms with Gasteiger partial charge in [0.15, 0.2) is 0 Å². The van der Waals surface area contributed by atoms with Crippen molar-refractivity contribution in [3.63, 3.8) is 0 Å². The first kappa shape index (κ1) is 14.6. The average Bonchev–Trinajstić information content (AvgIpc) is 3.08. The largest absolute Gasteiger partial charge is 0.342 e. The number of hydrogen-bond acceptors (Lipinski definition) is 2. The van der Waals surface area contributed by atoms with Crippen molar-refractivity contribution in [1.29, 1.82) is 0 Å². The van der Waals surface area contributed by atoms with Crippen molar-refractivity contribution < 1.29 is 4.79 Å². The first-order valence-electron chi connectivity index (χ1n) is 8.30. The van der Waals surface area contributed by atoms with Crippen LogP contribution < -0.4 is 5.73 Å². The second-order valence-electron chi connectivity index (χ2n) is 6.66. The Labute approximate surface area is 127 Å². The van der Waals surface area contributed by atoms with Crippen molar-refractivity contribution in [3.8, 4) is 0 Å². The van der Waals surface area contributed by atoms with Gasteiger partial charge in [-0.05, 0) is 36.7 Å². The number of amides is 1. The van der Waals surface area contributed by atoms with E-state index in [4.69, 9.17) is 5.73 Å². The molecule has 1 saturated heterocycles. The summed E-state index contributed by atoms with van der Waals surface area (Å²) in [5.74, 6) is 1.50. The third-order valence-electron chi connectivity index (χ3n) is 5.30. The molecular formula is C18H26N2O. The van der Waals surface area contributed by atoms with Crippen LogP contribution in [0, 0.1) is 11.8 Å². The minimum atomic E-state index is 0.0197. The van der Waals surface area contributed by atoms with Gasteiger partial charge in [0.25, 0.3) is 0 Å². The van der Waals surface area contributed by atoms with E-state index >= 15 is 0 Å². The number of likely N-dealkylation sites (tertiary alicyclic amines) is 1. The molecule has 1 amide bonds. The Bertz CT molecular complexity index is 487. The molecule has 4 atom stereocenters. The maximum atomic E-state index is 13.0. The number of carbonyl (C=O) groups excluding carboxylic acids is 1. The summed E-state index contributed by atoms with van der Waals surface area (Å²) in [4.78, 5) is 15.0. The van der Waals surface area contributed by atoms with Gasteiger partial charge < -0.3 is 10.6 Å². The number of hydrogen-bond donors (Lipinski definition) is 1. The number of fused-ring (bicyclic) bond motifs is 1. The lowest BCUT2D eigenvalue weighted by molar-refractivity contribution is -0.132. The molecule has 1 aliphatic heterocycles. The van der Waals surface area contributed by atoms with Crippen LogP contribution in [-0.4, -0.2) is 29.9 Å². The van der Waals surface area contributed by atoms with Crippen LogP contribution in [0.5, 0.6) is 0 Å². The van der Waals surface area contributed by atoms with Gasteiger partial charge in [0.2, 0.25) is 5.91 Å². The minimum absolute atomic E-state index is 0.0197. The van der Waals surface area contributed by atoms with Gasteiger partial charge in [-0.15, -0.1) is 0 Å². The van der Waals surface area contributed by atoms with Gasteiger partial charge in [0.05, 0.1) is 5.92 Å². The predicted molar refractivity (Wildman–Crippen MR) is 84.9 cm³/mol. The maximum absolute atomic E-state index is 13.0. The fraction of sp³-hybridized carbons (Fsp3) is 0.611. The highest BCUT2D eigenvalue weighted by molar-refractivity contribution is 5.84. The minimum Gasteiger partial charge on any atom is -0.342 e. The Morgan fingerprint density at radius 2 is 2.05 bits per heavy atom. The molecule has 114 valence electrons. The van der Waals surface area contributed by atoms with E-state index in [1.807, 2.05) is 18.2 Å². The quantitative estimate of drug-likeness (QED) is 0.925. The Morgan fingerprint density at radius 3 is 2.71 bits per heavy atom. The van der Waals surface area contributed by atoms with Crippen LogP contribution in [0.4, 0.5) is 0 Å². The Hall–Kier alpha value is -1.35. The van der Waals surface area contributed by atoms with E-state index in [9.17, 15) is 4.79 Å². The zero-order valence-corrected chi connectivity index (χ0v) is 12.9. The van der Waals surface area contributed by atoms with Gasteiger partial charge in [-0.2, -0.15) is 0 Å². The standard InChI is InChI=1S/C18H26N2O/c1-2-6-15(13-7-4-3-5-8-13)18(21)20-11-14-9-10-17(19)16(14)12-20/h3-5,7-8,14-17H,2,6,9-12,19H2,1H3. The van der Waals surface area contributed by atoms with Gasteiger partial charge in [0, 0.05) is 19.1 Å². The molecule has 0 radical (unpaired) electrons. The molecule has 1 aliphatic carbocycles. The third-order valence-corrected chi connectivity index (χ3v) is 5.30. The first-order valence-corrected chi connectivity index (χ1v) is 8.30. The van der Waals surface area contributed by atoms with Crippen LogP contribution in [0.1, 0.15) is 44.1 Å². The topological polar surface area (TPSA) is 46.3 Å². The van der Waals surface area contributed by atoms with E-state index in [0.29, 0.717) is 23.8 Å². The van der Waals surface area contributed by atoms with Crippen LogP contribution in [-0.2, 0) is 4.79 Å². The highest BCUT2D eigenvalue weighted by Gasteiger charge is 2.43. The smallest absolute Gasteiger partial charge is 0.230 e. The van der Waals surface area contributed by atoms with Crippen LogP contribution in [0.25, 0.3) is 0 Å². The number of carbonyl (C=O) groups is 1. The highest BCUT2D eigenvalue weighted by Crippen LogP contribution is 2.38. The monoisotopic (exact) mass is 286 g/mol. The van der Waals surface area contributed by atoms with E-state index < -0.39 is 0 Å². The van der Waals surface area contributed by atoms with Crippen molar-refractivity contribution in [3.05, 3.63) is 35.9 Å². The zero-order valence-electron chi connectivity index (χ0n) is 12.9. The number of nitrogens with zero attached hydrogens (tertiary/aromatic N) is 1. The van der Waals surface area contributed by atoms with Crippen molar-refractivity contribution in [2.24, 2.45) is 17.6 Å². The predicted octanol–water partition coefficient (Wildman–Crippen LogP) is 2.77. The number of benzene rings is 1. The fourth-order valence-corrected chi connectivity index (χ4v) is 4.11. The van der Waals surface area contributed by atoms with Crippen LogP contribution in [0.2, 0.25) is 0 Å². The van der Waals surface area contributed by atoms with Gasteiger partial charge in [-0.1, -0.05) is 43.7 Å². The Kier molecular flexibility index (Phi) is 4.29. The molecule has 21 heavy (non-hydrogen) atoms. The molecular weight excluding hydrogens is 260 g/mol. The molecule has 0 bridgehead atoms. The fourth-order valence-electron chi connectivity index (χ4n) is 4.11. The van der Waals surface area contributed by atoms with E-state index in [1.165, 1.54) is 6.42 Å². The van der Waals surface area contributed by atoms with Crippen LogP contribution in [0.15, 0.2) is 30.3 Å². The second-order valence-corrected chi connectivity index (χ2v) is 6.66. The number of nitrogens with two attached hydrogens (primary N) is 1.